The average Bonchev–Trinajstić information content (AvgIpc) is 3.13. The number of rotatable bonds is 3. The molecule has 142 valence electrons. The Morgan fingerprint density at radius 2 is 2.14 bits per heavy atom. The van der Waals surface area contributed by atoms with Crippen molar-refractivity contribution in [1.82, 2.24) is 15.3 Å². The van der Waals surface area contributed by atoms with Gasteiger partial charge < -0.3 is 10.6 Å². The van der Waals surface area contributed by atoms with Crippen LogP contribution in [0.2, 0.25) is 0 Å². The molecule has 0 saturated heterocycles. The molecule has 1 aromatic heterocycles. The smallest absolute Gasteiger partial charge is 0.183 e. The molecule has 3 aliphatic rings. The molecule has 3 unspecified atom stereocenters. The topological polar surface area (TPSA) is 62.2 Å². The van der Waals surface area contributed by atoms with Gasteiger partial charge >= 0.3 is 0 Å². The van der Waals surface area contributed by atoms with Gasteiger partial charge in [-0.15, -0.1) is 0 Å². The Balaban J connectivity index is 1.44. The Bertz CT molecular complexity index is 1020. The summed E-state index contributed by atoms with van der Waals surface area (Å²) in [6.45, 7) is 0. The number of hydrogen-bond donors (Lipinski definition) is 2. The number of fused-ring (bicyclic) bond motifs is 2. The molecule has 28 heavy (non-hydrogen) atoms. The van der Waals surface area contributed by atoms with Crippen molar-refractivity contribution in [3.05, 3.63) is 70.5 Å². The zero-order chi connectivity index (χ0) is 19.1. The molecule has 5 rings (SSSR count). The molecule has 0 radical (unpaired) electrons. The molecule has 0 saturated carbocycles. The van der Waals surface area contributed by atoms with E-state index >= 15 is 0 Å². The Morgan fingerprint density at radius 3 is 3.07 bits per heavy atom. The molecule has 1 aliphatic carbocycles. The number of hydrogen-bond acceptors (Lipinski definition) is 5. The van der Waals surface area contributed by atoms with Gasteiger partial charge in [0.15, 0.2) is 17.5 Å². The summed E-state index contributed by atoms with van der Waals surface area (Å²) in [6, 6.07) is 8.35. The van der Waals surface area contributed by atoms with Gasteiger partial charge in [-0.3, -0.25) is 4.99 Å². The number of anilines is 1. The third kappa shape index (κ3) is 3.07. The number of aryl methyl sites for hydroxylation is 1. The van der Waals surface area contributed by atoms with Gasteiger partial charge in [0.1, 0.15) is 6.17 Å². The van der Waals surface area contributed by atoms with Crippen LogP contribution in [-0.2, 0) is 6.42 Å². The molecule has 3 heterocycles. The van der Waals surface area contributed by atoms with E-state index in [-0.39, 0.29) is 23.9 Å². The van der Waals surface area contributed by atoms with E-state index in [0.29, 0.717) is 10.9 Å². The summed E-state index contributed by atoms with van der Waals surface area (Å²) >= 11 is 6.11. The first kappa shape index (κ1) is 17.4. The lowest BCUT2D eigenvalue weighted by atomic mass is 9.88. The fourth-order valence-corrected chi connectivity index (χ4v) is 4.31. The predicted molar refractivity (Wildman–Crippen MR) is 109 cm³/mol. The van der Waals surface area contributed by atoms with Crippen LogP contribution in [0.4, 0.5) is 10.2 Å². The van der Waals surface area contributed by atoms with E-state index in [9.17, 15) is 4.39 Å². The number of aliphatic imine (C=N–C) groups is 1. The van der Waals surface area contributed by atoms with E-state index in [1.165, 1.54) is 17.3 Å². The zero-order valence-corrected chi connectivity index (χ0v) is 15.8. The minimum Gasteiger partial charge on any atom is -0.369 e. The highest BCUT2D eigenvalue weighted by Crippen LogP contribution is 2.35. The molecule has 5 nitrogen and oxygen atoms in total. The lowest BCUT2D eigenvalue weighted by Gasteiger charge is -2.27. The number of nitrogens with one attached hydrogen (secondary N) is 2. The van der Waals surface area contributed by atoms with Crippen molar-refractivity contribution in [2.45, 2.75) is 31.5 Å². The summed E-state index contributed by atoms with van der Waals surface area (Å²) in [7, 11) is 0. The highest BCUT2D eigenvalue weighted by Gasteiger charge is 2.32. The number of dihydropyridines is 1. The molecule has 1 aromatic carbocycles. The van der Waals surface area contributed by atoms with E-state index in [4.69, 9.17) is 11.6 Å². The summed E-state index contributed by atoms with van der Waals surface area (Å²) in [5, 5.41) is 7.08. The van der Waals surface area contributed by atoms with Gasteiger partial charge in [-0.05, 0) is 30.4 Å². The fourth-order valence-electron chi connectivity index (χ4n) is 4.12. The largest absolute Gasteiger partial charge is 0.369 e. The molecular weight excluding hydrogens is 377 g/mol. The molecule has 0 amide bonds. The van der Waals surface area contributed by atoms with Crippen molar-refractivity contribution in [1.29, 1.82) is 0 Å². The first-order valence-corrected chi connectivity index (χ1v) is 9.81. The van der Waals surface area contributed by atoms with Gasteiger partial charge in [-0.25, -0.2) is 14.4 Å². The number of benzene rings is 1. The lowest BCUT2D eigenvalue weighted by molar-refractivity contribution is 0.571. The van der Waals surface area contributed by atoms with E-state index in [1.54, 1.807) is 6.21 Å². The Labute approximate surface area is 167 Å². The first-order chi connectivity index (χ1) is 13.7. The third-order valence-electron chi connectivity index (χ3n) is 5.49. The Hall–Kier alpha value is -2.73. The molecule has 0 fully saturated rings. The van der Waals surface area contributed by atoms with Gasteiger partial charge in [0.2, 0.25) is 0 Å². The Kier molecular flexibility index (Phi) is 4.36. The van der Waals surface area contributed by atoms with E-state index < -0.39 is 5.82 Å². The van der Waals surface area contributed by atoms with Crippen molar-refractivity contribution < 1.29 is 4.39 Å². The van der Waals surface area contributed by atoms with E-state index in [2.05, 4.69) is 37.7 Å². The second-order valence-corrected chi connectivity index (χ2v) is 7.68. The van der Waals surface area contributed by atoms with Crippen LogP contribution in [0.3, 0.4) is 0 Å². The quantitative estimate of drug-likeness (QED) is 0.817. The van der Waals surface area contributed by atoms with Crippen LogP contribution in [-0.4, -0.2) is 22.3 Å². The van der Waals surface area contributed by atoms with Crippen LogP contribution >= 0.6 is 11.6 Å². The summed E-state index contributed by atoms with van der Waals surface area (Å²) < 4.78 is 14.5. The second kappa shape index (κ2) is 7.02. The molecular formula is C21H19ClFN5. The molecule has 2 N–H and O–H groups in total. The predicted octanol–water partition coefficient (Wildman–Crippen LogP) is 4.20. The molecule has 7 heteroatoms. The molecule has 0 bridgehead atoms. The van der Waals surface area contributed by atoms with Gasteiger partial charge in [0.25, 0.3) is 0 Å². The average molecular weight is 396 g/mol. The standard InChI is InChI=1S/C21H19ClFN5/c22-13-8-15-16(10-25-19(15)24-9-13)20-26-11-17(23)21(28-20)27-18-7-3-5-12-4-1-2-6-14(12)18/h1-2,4,6,8-11,15,18-19,25H,3,5,7H2,(H,26,27,28). The highest BCUT2D eigenvalue weighted by molar-refractivity contribution is 6.39. The summed E-state index contributed by atoms with van der Waals surface area (Å²) in [4.78, 5) is 13.1. The monoisotopic (exact) mass is 395 g/mol. The van der Waals surface area contributed by atoms with Crippen LogP contribution in [0.25, 0.3) is 5.57 Å². The van der Waals surface area contributed by atoms with Gasteiger partial charge in [-0.2, -0.15) is 0 Å². The molecule has 2 aromatic rings. The number of aromatic nitrogens is 2. The normalized spacial score (nSPS) is 25.3. The van der Waals surface area contributed by atoms with Crippen LogP contribution in [0.1, 0.15) is 35.8 Å². The van der Waals surface area contributed by atoms with Gasteiger partial charge in [0, 0.05) is 23.9 Å². The molecule has 3 atom stereocenters. The second-order valence-electron chi connectivity index (χ2n) is 7.24. The van der Waals surface area contributed by atoms with E-state index in [0.717, 1.165) is 24.8 Å². The lowest BCUT2D eigenvalue weighted by Crippen LogP contribution is -2.26. The summed E-state index contributed by atoms with van der Waals surface area (Å²) in [6.07, 6.45) is 9.56. The first-order valence-electron chi connectivity index (χ1n) is 9.43. The maximum absolute atomic E-state index is 14.5. The van der Waals surface area contributed by atoms with Crippen molar-refractivity contribution >= 4 is 29.2 Å². The van der Waals surface area contributed by atoms with Crippen molar-refractivity contribution in [2.24, 2.45) is 10.9 Å². The van der Waals surface area contributed by atoms with Crippen LogP contribution in [0.5, 0.6) is 0 Å². The summed E-state index contributed by atoms with van der Waals surface area (Å²) in [5.41, 5.74) is 3.38. The van der Waals surface area contributed by atoms with Crippen molar-refractivity contribution in [3.63, 3.8) is 0 Å². The molecule has 0 spiro atoms. The minimum atomic E-state index is -0.454. The Morgan fingerprint density at radius 1 is 1.25 bits per heavy atom. The van der Waals surface area contributed by atoms with Gasteiger partial charge in [-0.1, -0.05) is 41.9 Å². The maximum Gasteiger partial charge on any atom is 0.183 e. The maximum atomic E-state index is 14.5. The van der Waals surface area contributed by atoms with Crippen LogP contribution < -0.4 is 10.6 Å². The van der Waals surface area contributed by atoms with Crippen LogP contribution in [0, 0.1) is 11.7 Å². The van der Waals surface area contributed by atoms with Gasteiger partial charge in [0.05, 0.1) is 17.3 Å². The number of nitrogens with zero attached hydrogens (tertiary/aromatic N) is 3. The van der Waals surface area contributed by atoms with Crippen LogP contribution in [0.15, 0.2) is 52.8 Å². The number of halogens is 2. The SMILES string of the molecule is Fc1cnc(C2=CNC3N=CC(Cl)=CC23)nc1NC1CCCc2ccccc21. The zero-order valence-electron chi connectivity index (χ0n) is 15.1. The minimum absolute atomic E-state index is 0.0410. The van der Waals surface area contributed by atoms with E-state index in [1.807, 2.05) is 24.4 Å². The highest BCUT2D eigenvalue weighted by atomic mass is 35.5. The number of allylic oxidation sites excluding steroid dienone is 1. The summed E-state index contributed by atoms with van der Waals surface area (Å²) in [5.74, 6) is 0.188. The third-order valence-corrected chi connectivity index (χ3v) is 5.71. The van der Waals surface area contributed by atoms with Crippen molar-refractivity contribution in [2.75, 3.05) is 5.32 Å². The fraction of sp³-hybridized carbons (Fsp3) is 0.286. The van der Waals surface area contributed by atoms with Crippen molar-refractivity contribution in [3.8, 4) is 0 Å². The molecule has 2 aliphatic heterocycles.